The highest BCUT2D eigenvalue weighted by atomic mass is 32.2. The first-order chi connectivity index (χ1) is 13.3. The number of hydrogen-bond donors (Lipinski definition) is 1. The number of sulfone groups is 1. The average Bonchev–Trinajstić information content (AvgIpc) is 2.99. The zero-order valence-electron chi connectivity index (χ0n) is 15.6. The summed E-state index contributed by atoms with van der Waals surface area (Å²) in [6.45, 7) is 3.57. The highest BCUT2D eigenvalue weighted by Gasteiger charge is 2.22. The van der Waals surface area contributed by atoms with Gasteiger partial charge in [-0.3, -0.25) is 0 Å². The molecule has 0 spiro atoms. The number of ether oxygens (including phenoxy) is 1. The van der Waals surface area contributed by atoms with E-state index >= 15 is 0 Å². The van der Waals surface area contributed by atoms with E-state index in [1.54, 1.807) is 23.7 Å². The predicted molar refractivity (Wildman–Crippen MR) is 103 cm³/mol. The molecule has 28 heavy (non-hydrogen) atoms. The van der Waals surface area contributed by atoms with Gasteiger partial charge in [0.15, 0.2) is 15.5 Å². The maximum absolute atomic E-state index is 14.8. The van der Waals surface area contributed by atoms with E-state index in [1.165, 1.54) is 12.1 Å². The molecule has 3 aromatic rings. The lowest BCUT2D eigenvalue weighted by Gasteiger charge is -2.23. The van der Waals surface area contributed by atoms with E-state index in [1.807, 2.05) is 0 Å². The minimum atomic E-state index is -3.49. The standard InChI is InChI=1S/C19H21FN4O3S/c1-12-18(15-4-3-14(11-16(15)20)28(2,25)26)19-22-10-7-17(24(19)23-12)27-13-5-8-21-9-6-13/h3-4,7,10-11,13,21H,5-6,8-9H2,1-2H3. The van der Waals surface area contributed by atoms with Crippen LogP contribution in [0.3, 0.4) is 0 Å². The second kappa shape index (κ2) is 7.14. The largest absolute Gasteiger partial charge is 0.474 e. The molecule has 9 heteroatoms. The summed E-state index contributed by atoms with van der Waals surface area (Å²) >= 11 is 0. The molecule has 1 aromatic carbocycles. The van der Waals surface area contributed by atoms with Crippen molar-refractivity contribution in [1.29, 1.82) is 0 Å². The van der Waals surface area contributed by atoms with Crippen molar-refractivity contribution in [2.75, 3.05) is 19.3 Å². The van der Waals surface area contributed by atoms with Crippen molar-refractivity contribution in [2.45, 2.75) is 30.8 Å². The lowest BCUT2D eigenvalue weighted by atomic mass is 10.1. The summed E-state index contributed by atoms with van der Waals surface area (Å²) in [4.78, 5) is 4.30. The van der Waals surface area contributed by atoms with Crippen LogP contribution in [-0.4, -0.2) is 48.5 Å². The lowest BCUT2D eigenvalue weighted by molar-refractivity contribution is 0.152. The van der Waals surface area contributed by atoms with Gasteiger partial charge < -0.3 is 10.1 Å². The molecular weight excluding hydrogens is 383 g/mol. The fourth-order valence-corrected chi connectivity index (χ4v) is 4.08. The molecule has 4 rings (SSSR count). The molecule has 1 saturated heterocycles. The fourth-order valence-electron chi connectivity index (χ4n) is 3.45. The monoisotopic (exact) mass is 404 g/mol. The van der Waals surface area contributed by atoms with Gasteiger partial charge in [-0.15, -0.1) is 0 Å². The Hall–Kier alpha value is -2.52. The first kappa shape index (κ1) is 18.8. The van der Waals surface area contributed by atoms with Crippen LogP contribution in [0, 0.1) is 12.7 Å². The van der Waals surface area contributed by atoms with Crippen molar-refractivity contribution in [3.8, 4) is 17.0 Å². The first-order valence-electron chi connectivity index (χ1n) is 9.06. The number of rotatable bonds is 4. The van der Waals surface area contributed by atoms with E-state index in [4.69, 9.17) is 4.74 Å². The first-order valence-corrected chi connectivity index (χ1v) is 11.0. The van der Waals surface area contributed by atoms with Crippen molar-refractivity contribution in [1.82, 2.24) is 19.9 Å². The van der Waals surface area contributed by atoms with Gasteiger partial charge in [-0.05, 0) is 51.1 Å². The maximum atomic E-state index is 14.8. The van der Waals surface area contributed by atoms with Crippen LogP contribution >= 0.6 is 0 Å². The van der Waals surface area contributed by atoms with Crippen LogP contribution in [0.4, 0.5) is 4.39 Å². The number of piperidine rings is 1. The Morgan fingerprint density at radius 2 is 2.00 bits per heavy atom. The number of hydrogen-bond acceptors (Lipinski definition) is 6. The average molecular weight is 404 g/mol. The number of benzene rings is 1. The van der Waals surface area contributed by atoms with Crippen LogP contribution in [0.15, 0.2) is 35.4 Å². The third-order valence-electron chi connectivity index (χ3n) is 4.87. The van der Waals surface area contributed by atoms with Crippen molar-refractivity contribution in [2.24, 2.45) is 0 Å². The highest BCUT2D eigenvalue weighted by molar-refractivity contribution is 7.90. The normalized spacial score (nSPS) is 15.8. The van der Waals surface area contributed by atoms with E-state index in [-0.39, 0.29) is 16.6 Å². The molecular formula is C19H21FN4O3S. The van der Waals surface area contributed by atoms with E-state index in [0.29, 0.717) is 22.8 Å². The SMILES string of the molecule is Cc1nn2c(OC3CCNCC3)ccnc2c1-c1ccc(S(C)(=O)=O)cc1F. The molecule has 0 atom stereocenters. The number of halogens is 1. The molecule has 0 radical (unpaired) electrons. The van der Waals surface area contributed by atoms with E-state index in [2.05, 4.69) is 15.4 Å². The molecule has 0 bridgehead atoms. The number of fused-ring (bicyclic) bond motifs is 1. The van der Waals surface area contributed by atoms with E-state index < -0.39 is 15.7 Å². The molecule has 1 aliphatic heterocycles. The molecule has 3 heterocycles. The third-order valence-corrected chi connectivity index (χ3v) is 5.98. The van der Waals surface area contributed by atoms with Gasteiger partial charge in [-0.25, -0.2) is 17.8 Å². The van der Waals surface area contributed by atoms with E-state index in [0.717, 1.165) is 38.3 Å². The number of nitrogens with zero attached hydrogens (tertiary/aromatic N) is 3. The topological polar surface area (TPSA) is 85.6 Å². The van der Waals surface area contributed by atoms with Crippen molar-refractivity contribution < 1.29 is 17.5 Å². The molecule has 0 aliphatic carbocycles. The van der Waals surface area contributed by atoms with Gasteiger partial charge in [0.1, 0.15) is 11.9 Å². The smallest absolute Gasteiger partial charge is 0.218 e. The van der Waals surface area contributed by atoms with Crippen LogP contribution in [0.2, 0.25) is 0 Å². The van der Waals surface area contributed by atoms with Gasteiger partial charge in [0, 0.05) is 24.1 Å². The summed E-state index contributed by atoms with van der Waals surface area (Å²) in [5.41, 5.74) is 1.83. The molecule has 1 N–H and O–H groups in total. The van der Waals surface area contributed by atoms with Crippen LogP contribution in [0.25, 0.3) is 16.8 Å². The maximum Gasteiger partial charge on any atom is 0.218 e. The molecule has 1 fully saturated rings. The number of aromatic nitrogens is 3. The molecule has 0 saturated carbocycles. The summed E-state index contributed by atoms with van der Waals surface area (Å²) < 4.78 is 45.8. The Morgan fingerprint density at radius 3 is 2.68 bits per heavy atom. The van der Waals surface area contributed by atoms with Gasteiger partial charge in [-0.2, -0.15) is 9.61 Å². The van der Waals surface area contributed by atoms with Crippen LogP contribution in [0.5, 0.6) is 5.88 Å². The van der Waals surface area contributed by atoms with Gasteiger partial charge >= 0.3 is 0 Å². The summed E-state index contributed by atoms with van der Waals surface area (Å²) in [7, 11) is -3.49. The quantitative estimate of drug-likeness (QED) is 0.719. The third kappa shape index (κ3) is 3.47. The second-order valence-corrected chi connectivity index (χ2v) is 8.98. The second-order valence-electron chi connectivity index (χ2n) is 6.96. The van der Waals surface area contributed by atoms with Gasteiger partial charge in [0.2, 0.25) is 5.88 Å². The van der Waals surface area contributed by atoms with Gasteiger partial charge in [0.05, 0.1) is 16.2 Å². The Morgan fingerprint density at radius 1 is 1.25 bits per heavy atom. The van der Waals surface area contributed by atoms with Crippen molar-refractivity contribution in [3.05, 3.63) is 42.0 Å². The molecule has 7 nitrogen and oxygen atoms in total. The van der Waals surface area contributed by atoms with Crippen LogP contribution < -0.4 is 10.1 Å². The molecule has 2 aromatic heterocycles. The molecule has 148 valence electrons. The zero-order valence-corrected chi connectivity index (χ0v) is 16.5. The van der Waals surface area contributed by atoms with Crippen molar-refractivity contribution >= 4 is 15.5 Å². The number of aryl methyl sites for hydroxylation is 1. The molecule has 0 unspecified atom stereocenters. The predicted octanol–water partition coefficient (Wildman–Crippen LogP) is 2.38. The van der Waals surface area contributed by atoms with Crippen LogP contribution in [-0.2, 0) is 9.84 Å². The molecule has 0 amide bonds. The minimum absolute atomic E-state index is 0.0641. The summed E-state index contributed by atoms with van der Waals surface area (Å²) in [5, 5.41) is 7.79. The summed E-state index contributed by atoms with van der Waals surface area (Å²) in [6.07, 6.45) is 4.55. The highest BCUT2D eigenvalue weighted by Crippen LogP contribution is 2.32. The Labute approximate surface area is 162 Å². The fraction of sp³-hybridized carbons (Fsp3) is 0.368. The number of nitrogens with one attached hydrogen (secondary N) is 1. The summed E-state index contributed by atoms with van der Waals surface area (Å²) in [6, 6.07) is 5.63. The van der Waals surface area contributed by atoms with Gasteiger partial charge in [0.25, 0.3) is 0 Å². The Balaban J connectivity index is 1.78. The molecule has 1 aliphatic rings. The zero-order chi connectivity index (χ0) is 19.9. The van der Waals surface area contributed by atoms with E-state index in [9.17, 15) is 12.8 Å². The van der Waals surface area contributed by atoms with Crippen LogP contribution in [0.1, 0.15) is 18.5 Å². The Kier molecular flexibility index (Phi) is 4.80. The van der Waals surface area contributed by atoms with Crippen molar-refractivity contribution in [3.63, 3.8) is 0 Å². The minimum Gasteiger partial charge on any atom is -0.474 e. The summed E-state index contributed by atoms with van der Waals surface area (Å²) in [5.74, 6) is -0.0770. The van der Waals surface area contributed by atoms with Gasteiger partial charge in [-0.1, -0.05) is 0 Å². The lowest BCUT2D eigenvalue weighted by Crippen LogP contribution is -2.34. The Bertz CT molecular complexity index is 1140.